The summed E-state index contributed by atoms with van der Waals surface area (Å²) in [6.45, 7) is -0.144. The number of ether oxygens (including phenoxy) is 1. The third-order valence-electron chi connectivity index (χ3n) is 2.62. The van der Waals surface area contributed by atoms with Crippen LogP contribution in [-0.4, -0.2) is 23.8 Å². The number of rotatable bonds is 3. The summed E-state index contributed by atoms with van der Waals surface area (Å²) in [4.78, 5) is 4.27. The molecule has 1 unspecified atom stereocenters. The van der Waals surface area contributed by atoms with Crippen molar-refractivity contribution >= 4 is 22.5 Å². The van der Waals surface area contributed by atoms with E-state index in [1.807, 2.05) is 12.1 Å². The molecule has 0 bridgehead atoms. The Kier molecular flexibility index (Phi) is 3.47. The van der Waals surface area contributed by atoms with Gasteiger partial charge in [-0.2, -0.15) is 0 Å². The smallest absolute Gasteiger partial charge is 0.213 e. The molecule has 0 aliphatic rings. The standard InChI is InChI=1S/C12H13ClN2O2/c1-17-11-5-3-8-10(15-11)4-2-7(12(8)13)9(14)6-16/h2-5,9,16H,6,14H2,1H3. The van der Waals surface area contributed by atoms with E-state index in [4.69, 9.17) is 27.2 Å². The Bertz CT molecular complexity index is 545. The normalized spacial score (nSPS) is 12.7. The molecule has 2 aromatic rings. The lowest BCUT2D eigenvalue weighted by Gasteiger charge is -2.12. The van der Waals surface area contributed by atoms with Crippen LogP contribution in [0.15, 0.2) is 24.3 Å². The van der Waals surface area contributed by atoms with Gasteiger partial charge in [-0.15, -0.1) is 0 Å². The minimum Gasteiger partial charge on any atom is -0.481 e. The number of fused-ring (bicyclic) bond motifs is 1. The zero-order valence-electron chi connectivity index (χ0n) is 9.35. The van der Waals surface area contributed by atoms with Crippen LogP contribution < -0.4 is 10.5 Å². The maximum absolute atomic E-state index is 9.05. The molecule has 1 atom stereocenters. The summed E-state index contributed by atoms with van der Waals surface area (Å²) in [5.41, 5.74) is 7.22. The zero-order valence-corrected chi connectivity index (χ0v) is 10.1. The van der Waals surface area contributed by atoms with Gasteiger partial charge in [-0.3, -0.25) is 0 Å². The number of hydrogen-bond donors (Lipinski definition) is 2. The molecule has 1 heterocycles. The SMILES string of the molecule is COc1ccc2c(Cl)c(C(N)CO)ccc2n1. The van der Waals surface area contributed by atoms with Crippen LogP contribution in [0.2, 0.25) is 5.02 Å². The number of pyridine rings is 1. The van der Waals surface area contributed by atoms with Crippen LogP contribution in [0, 0.1) is 0 Å². The molecule has 0 saturated carbocycles. The van der Waals surface area contributed by atoms with E-state index < -0.39 is 6.04 Å². The van der Waals surface area contributed by atoms with E-state index in [9.17, 15) is 0 Å². The highest BCUT2D eigenvalue weighted by atomic mass is 35.5. The monoisotopic (exact) mass is 252 g/mol. The molecule has 0 aliphatic heterocycles. The molecule has 0 saturated heterocycles. The van der Waals surface area contributed by atoms with Gasteiger partial charge in [-0.05, 0) is 17.7 Å². The zero-order chi connectivity index (χ0) is 12.4. The fourth-order valence-corrected chi connectivity index (χ4v) is 2.03. The van der Waals surface area contributed by atoms with E-state index in [-0.39, 0.29) is 6.61 Å². The summed E-state index contributed by atoms with van der Waals surface area (Å²) < 4.78 is 5.04. The minimum absolute atomic E-state index is 0.144. The Morgan fingerprint density at radius 3 is 2.82 bits per heavy atom. The van der Waals surface area contributed by atoms with Crippen LogP contribution in [-0.2, 0) is 0 Å². The third kappa shape index (κ3) is 2.20. The Labute approximate surface area is 104 Å². The number of aromatic nitrogens is 1. The molecule has 0 fully saturated rings. The summed E-state index contributed by atoms with van der Waals surface area (Å²) >= 11 is 6.24. The fraction of sp³-hybridized carbons (Fsp3) is 0.250. The minimum atomic E-state index is -0.478. The molecule has 1 aromatic carbocycles. The maximum atomic E-state index is 9.05. The Morgan fingerprint density at radius 1 is 1.41 bits per heavy atom. The van der Waals surface area contributed by atoms with Gasteiger partial charge in [-0.25, -0.2) is 4.98 Å². The second-order valence-electron chi connectivity index (χ2n) is 3.68. The van der Waals surface area contributed by atoms with Gasteiger partial charge in [0.05, 0.1) is 30.3 Å². The summed E-state index contributed by atoms with van der Waals surface area (Å²) in [6.07, 6.45) is 0. The maximum Gasteiger partial charge on any atom is 0.213 e. The first-order chi connectivity index (χ1) is 8.17. The van der Waals surface area contributed by atoms with E-state index in [1.54, 1.807) is 19.2 Å². The first kappa shape index (κ1) is 12.1. The average Bonchev–Trinajstić information content (AvgIpc) is 2.38. The van der Waals surface area contributed by atoms with Crippen molar-refractivity contribution in [1.82, 2.24) is 4.98 Å². The van der Waals surface area contributed by atoms with Gasteiger partial charge in [-0.1, -0.05) is 17.7 Å². The number of benzene rings is 1. The van der Waals surface area contributed by atoms with E-state index in [0.717, 1.165) is 10.9 Å². The number of nitrogens with zero attached hydrogens (tertiary/aromatic N) is 1. The van der Waals surface area contributed by atoms with Crippen molar-refractivity contribution in [3.8, 4) is 5.88 Å². The van der Waals surface area contributed by atoms with Crippen LogP contribution in [0.4, 0.5) is 0 Å². The lowest BCUT2D eigenvalue weighted by atomic mass is 10.1. The Balaban J connectivity index is 2.60. The molecule has 4 nitrogen and oxygen atoms in total. The van der Waals surface area contributed by atoms with Crippen LogP contribution in [0.1, 0.15) is 11.6 Å². The van der Waals surface area contributed by atoms with Gasteiger partial charge in [0.2, 0.25) is 5.88 Å². The van der Waals surface area contributed by atoms with Crippen molar-refractivity contribution in [2.24, 2.45) is 5.73 Å². The van der Waals surface area contributed by atoms with Crippen molar-refractivity contribution in [2.75, 3.05) is 13.7 Å². The number of hydrogen-bond acceptors (Lipinski definition) is 4. The highest BCUT2D eigenvalue weighted by Crippen LogP contribution is 2.30. The number of aliphatic hydroxyl groups is 1. The van der Waals surface area contributed by atoms with Gasteiger partial charge >= 0.3 is 0 Å². The quantitative estimate of drug-likeness (QED) is 0.875. The molecule has 0 aliphatic carbocycles. The number of methoxy groups -OCH3 is 1. The van der Waals surface area contributed by atoms with Crippen molar-refractivity contribution in [3.05, 3.63) is 34.9 Å². The van der Waals surface area contributed by atoms with E-state index in [2.05, 4.69) is 4.98 Å². The summed E-state index contributed by atoms with van der Waals surface area (Å²) in [7, 11) is 1.56. The van der Waals surface area contributed by atoms with Gasteiger partial charge in [0, 0.05) is 11.5 Å². The predicted molar refractivity (Wildman–Crippen MR) is 67.3 cm³/mol. The Hall–Kier alpha value is -1.36. The number of nitrogens with two attached hydrogens (primary N) is 1. The van der Waals surface area contributed by atoms with Crippen molar-refractivity contribution in [1.29, 1.82) is 0 Å². The molecular weight excluding hydrogens is 240 g/mol. The topological polar surface area (TPSA) is 68.4 Å². The molecule has 0 spiro atoms. The molecule has 1 aromatic heterocycles. The van der Waals surface area contributed by atoms with Crippen LogP contribution >= 0.6 is 11.6 Å². The lowest BCUT2D eigenvalue weighted by molar-refractivity contribution is 0.268. The van der Waals surface area contributed by atoms with Crippen molar-refractivity contribution < 1.29 is 9.84 Å². The molecule has 0 radical (unpaired) electrons. The van der Waals surface area contributed by atoms with E-state index in [0.29, 0.717) is 16.5 Å². The van der Waals surface area contributed by atoms with Gasteiger partial charge in [0.15, 0.2) is 0 Å². The second-order valence-corrected chi connectivity index (χ2v) is 4.06. The van der Waals surface area contributed by atoms with Crippen LogP contribution in [0.5, 0.6) is 5.88 Å². The fourth-order valence-electron chi connectivity index (χ4n) is 1.66. The van der Waals surface area contributed by atoms with E-state index >= 15 is 0 Å². The largest absolute Gasteiger partial charge is 0.481 e. The molecule has 3 N–H and O–H groups in total. The highest BCUT2D eigenvalue weighted by molar-refractivity contribution is 6.36. The summed E-state index contributed by atoms with van der Waals surface area (Å²) in [6, 6.07) is 6.68. The molecule has 90 valence electrons. The predicted octanol–water partition coefficient (Wildman–Crippen LogP) is 1.89. The number of aliphatic hydroxyl groups excluding tert-OH is 1. The molecule has 5 heteroatoms. The van der Waals surface area contributed by atoms with Crippen molar-refractivity contribution in [3.63, 3.8) is 0 Å². The lowest BCUT2D eigenvalue weighted by Crippen LogP contribution is -2.14. The van der Waals surface area contributed by atoms with Crippen LogP contribution in [0.3, 0.4) is 0 Å². The van der Waals surface area contributed by atoms with Gasteiger partial charge < -0.3 is 15.6 Å². The van der Waals surface area contributed by atoms with Gasteiger partial charge in [0.25, 0.3) is 0 Å². The van der Waals surface area contributed by atoms with Gasteiger partial charge in [0.1, 0.15) is 0 Å². The third-order valence-corrected chi connectivity index (χ3v) is 3.04. The second kappa shape index (κ2) is 4.87. The molecule has 2 rings (SSSR count). The summed E-state index contributed by atoms with van der Waals surface area (Å²) in [5.74, 6) is 0.535. The Morgan fingerprint density at radius 2 is 2.18 bits per heavy atom. The molecule has 17 heavy (non-hydrogen) atoms. The van der Waals surface area contributed by atoms with Crippen molar-refractivity contribution in [2.45, 2.75) is 6.04 Å². The van der Waals surface area contributed by atoms with E-state index in [1.165, 1.54) is 0 Å². The molecular formula is C12H13ClN2O2. The average molecular weight is 253 g/mol. The first-order valence-corrected chi connectivity index (χ1v) is 5.54. The molecule has 0 amide bonds. The summed E-state index contributed by atoms with van der Waals surface area (Å²) in [5, 5.41) is 10.4. The first-order valence-electron chi connectivity index (χ1n) is 5.17. The number of halogens is 1. The van der Waals surface area contributed by atoms with Crippen LogP contribution in [0.25, 0.3) is 10.9 Å². The highest BCUT2D eigenvalue weighted by Gasteiger charge is 2.12.